The molecule has 11 atom stereocenters. The number of alkyl carbamates (subject to hydrolysis) is 1. The van der Waals surface area contributed by atoms with Gasteiger partial charge >= 0.3 is 33.4 Å². The lowest BCUT2D eigenvalue weighted by molar-refractivity contribution is -0.161. The van der Waals surface area contributed by atoms with E-state index in [1.54, 1.807) is 0 Å². The lowest BCUT2D eigenvalue weighted by atomic mass is 10.1. The number of rotatable bonds is 19. The van der Waals surface area contributed by atoms with Gasteiger partial charge in [0.2, 0.25) is 5.91 Å². The summed E-state index contributed by atoms with van der Waals surface area (Å²) >= 11 is 0. The molecule has 2 aliphatic heterocycles. The van der Waals surface area contributed by atoms with Crippen LogP contribution in [0.25, 0.3) is 11.2 Å². The minimum absolute atomic E-state index is 0.0145. The molecule has 0 spiro atoms. The molecule has 71 heavy (non-hydrogen) atoms. The second kappa shape index (κ2) is 22.0. The third-order valence-corrected chi connectivity index (χ3v) is 12.1. The number of aromatic nitrogens is 6. The van der Waals surface area contributed by atoms with E-state index in [-0.39, 0.29) is 41.7 Å². The van der Waals surface area contributed by atoms with Crippen LogP contribution < -0.4 is 27.8 Å². The van der Waals surface area contributed by atoms with Crippen LogP contribution in [-0.2, 0) is 64.3 Å². The zero-order valence-corrected chi connectivity index (χ0v) is 38.4. The van der Waals surface area contributed by atoms with Crippen LogP contribution in [0.1, 0.15) is 30.5 Å². The maximum atomic E-state index is 13.7. The number of hydrogen-bond donors (Lipinski definition) is 10. The first kappa shape index (κ1) is 52.5. The average Bonchev–Trinajstić information content (AvgIpc) is 3.97. The van der Waals surface area contributed by atoms with Gasteiger partial charge in [-0.25, -0.2) is 42.9 Å². The molecule has 12 N–H and O–H groups in total. The van der Waals surface area contributed by atoms with Crippen LogP contribution >= 0.6 is 15.6 Å². The van der Waals surface area contributed by atoms with Crippen molar-refractivity contribution in [2.45, 2.75) is 81.2 Å². The number of carbonyl (C=O) groups excluding carboxylic acids is 3. The minimum Gasteiger partial charge on any atom is -0.455 e. The van der Waals surface area contributed by atoms with Crippen LogP contribution in [0.15, 0.2) is 78.2 Å². The first-order chi connectivity index (χ1) is 33.6. The molecule has 2 aromatic carbocycles. The van der Waals surface area contributed by atoms with Gasteiger partial charge in [0, 0.05) is 11.9 Å². The SMILES string of the molecule is C[C@@H](O)[C@H](NC(=O)OCc1ccc(NC(=O)Cc2ccc(F)cc2)cc1)C(=O)O[C@H]1[C@@H](O)[C@H](n2cnc3c(N)ncnc32)O[C@@H]1COP(=O)(O)O[C@H]1[C@@H](O)[C@H](n2ccc(N)nc2=O)O[C@@H]1COP(=O)(O)O. The molecular weight excluding hydrogens is 993 g/mol. The van der Waals surface area contributed by atoms with E-state index >= 15 is 0 Å². The van der Waals surface area contributed by atoms with Crippen molar-refractivity contribution in [2.75, 3.05) is 30.0 Å². The third kappa shape index (κ3) is 13.1. The predicted molar refractivity (Wildman–Crippen MR) is 235 cm³/mol. The number of carbonyl (C=O) groups is 3. The van der Waals surface area contributed by atoms with Gasteiger partial charge in [-0.2, -0.15) is 4.98 Å². The standard InChI is InChI=1S/C39H45FN10O19P2/c1-18(51)27(48-39(57)63-13-20-4-8-22(9-5-20)46-26(52)12-19-2-6-21(40)7-3-19)37(55)68-31-23(66-36(29(31)53)50-17-45-28-33(42)43-16-44-34(28)50)15-65-71(61,62)69-32-24(14-64-70(58,59)60)67-35(30(32)54)49-11-10-25(41)47-38(49)56/h2-11,16-18,23-24,27,29-32,35-36,51,53-54H,12-15H2,1H3,(H,46,52)(H,48,57)(H,61,62)(H2,41,47,56)(H2,42,43,44)(H2,58,59,60)/t18-,23-,24-,27+,29-,30-,31-,32-,35-,36-/m1/s1. The van der Waals surface area contributed by atoms with Gasteiger partial charge in [0.25, 0.3) is 0 Å². The number of nitrogens with one attached hydrogen (secondary N) is 2. The summed E-state index contributed by atoms with van der Waals surface area (Å²) in [4.78, 5) is 96.9. The predicted octanol–water partition coefficient (Wildman–Crippen LogP) is -0.716. The topological polar surface area (TPSA) is 426 Å². The van der Waals surface area contributed by atoms with Gasteiger partial charge < -0.3 is 71.0 Å². The van der Waals surface area contributed by atoms with Crippen molar-refractivity contribution < 1.29 is 90.4 Å². The molecular formula is C39H45FN10O19P2. The molecule has 7 rings (SSSR count). The van der Waals surface area contributed by atoms with E-state index in [0.717, 1.165) is 36.4 Å². The molecule has 0 radical (unpaired) electrons. The number of nitrogens with zero attached hydrogens (tertiary/aromatic N) is 6. The number of fused-ring (bicyclic) bond motifs is 1. The maximum Gasteiger partial charge on any atom is 0.472 e. The second-order valence-corrected chi connectivity index (χ2v) is 18.4. The highest BCUT2D eigenvalue weighted by atomic mass is 31.2. The van der Waals surface area contributed by atoms with E-state index in [9.17, 15) is 62.7 Å². The van der Waals surface area contributed by atoms with E-state index in [1.807, 2.05) is 0 Å². The second-order valence-electron chi connectivity index (χ2n) is 15.7. The van der Waals surface area contributed by atoms with Crippen LogP contribution in [-0.4, -0.2) is 139 Å². The quantitative estimate of drug-likeness (QED) is 0.0360. The van der Waals surface area contributed by atoms with E-state index in [2.05, 4.69) is 35.1 Å². The van der Waals surface area contributed by atoms with Crippen LogP contribution in [0.3, 0.4) is 0 Å². The molecule has 32 heteroatoms. The van der Waals surface area contributed by atoms with E-state index in [0.29, 0.717) is 21.4 Å². The van der Waals surface area contributed by atoms with Gasteiger partial charge in [0.05, 0.1) is 32.1 Å². The summed E-state index contributed by atoms with van der Waals surface area (Å²) in [6, 6.07) is 10.8. The maximum absolute atomic E-state index is 13.7. The average molecular weight is 1040 g/mol. The minimum atomic E-state index is -5.50. The summed E-state index contributed by atoms with van der Waals surface area (Å²) in [5, 5.41) is 38.2. The van der Waals surface area contributed by atoms with Gasteiger partial charge in [-0.1, -0.05) is 24.3 Å². The summed E-state index contributed by atoms with van der Waals surface area (Å²) < 4.78 is 77.4. The van der Waals surface area contributed by atoms with Crippen molar-refractivity contribution in [3.05, 3.63) is 101 Å². The summed E-state index contributed by atoms with van der Waals surface area (Å²) in [6.45, 7) is -1.38. The van der Waals surface area contributed by atoms with Gasteiger partial charge in [-0.15, -0.1) is 0 Å². The number of nitrogens with two attached hydrogens (primary N) is 2. The number of esters is 1. The summed E-state index contributed by atoms with van der Waals surface area (Å²) in [5.74, 6) is -2.47. The number of anilines is 3. The van der Waals surface area contributed by atoms with Crippen LogP contribution in [0.2, 0.25) is 0 Å². The highest BCUT2D eigenvalue weighted by molar-refractivity contribution is 7.47. The van der Waals surface area contributed by atoms with Gasteiger partial charge in [-0.3, -0.25) is 27.5 Å². The van der Waals surface area contributed by atoms with Crippen molar-refractivity contribution in [2.24, 2.45) is 0 Å². The van der Waals surface area contributed by atoms with Gasteiger partial charge in [0.1, 0.15) is 60.6 Å². The monoisotopic (exact) mass is 1040 g/mol. The lowest BCUT2D eigenvalue weighted by Gasteiger charge is -2.26. The Bertz CT molecular complexity index is 2870. The fraction of sp³-hybridized carbons (Fsp3) is 0.385. The smallest absolute Gasteiger partial charge is 0.455 e. The number of phosphoric ester groups is 2. The normalized spacial score (nSPS) is 23.9. The fourth-order valence-corrected chi connectivity index (χ4v) is 8.52. The van der Waals surface area contributed by atoms with Crippen molar-refractivity contribution in [3.8, 4) is 0 Å². The Morgan fingerprint density at radius 1 is 0.873 bits per heavy atom. The molecule has 2 aliphatic rings. The van der Waals surface area contributed by atoms with E-state index in [4.69, 9.17) is 39.5 Å². The largest absolute Gasteiger partial charge is 0.472 e. The highest BCUT2D eigenvalue weighted by Crippen LogP contribution is 2.50. The number of imidazole rings is 1. The number of ether oxygens (including phenoxy) is 4. The number of benzene rings is 2. The van der Waals surface area contributed by atoms with Crippen LogP contribution in [0, 0.1) is 5.82 Å². The van der Waals surface area contributed by atoms with Gasteiger partial charge in [0.15, 0.2) is 36.1 Å². The Morgan fingerprint density at radius 3 is 2.17 bits per heavy atom. The van der Waals surface area contributed by atoms with Crippen molar-refractivity contribution >= 4 is 62.1 Å². The Morgan fingerprint density at radius 2 is 1.51 bits per heavy atom. The molecule has 3 aromatic heterocycles. The van der Waals surface area contributed by atoms with E-state index < -0.39 is 114 Å². The molecule has 0 bridgehead atoms. The molecule has 5 heterocycles. The van der Waals surface area contributed by atoms with Gasteiger partial charge in [-0.05, 0) is 48.4 Å². The van der Waals surface area contributed by atoms with E-state index in [1.165, 1.54) is 48.5 Å². The number of aliphatic hydroxyl groups excluding tert-OH is 3. The molecule has 382 valence electrons. The van der Waals surface area contributed by atoms with Crippen molar-refractivity contribution in [3.63, 3.8) is 0 Å². The highest BCUT2D eigenvalue weighted by Gasteiger charge is 2.52. The molecule has 2 saturated heterocycles. The summed E-state index contributed by atoms with van der Waals surface area (Å²) in [7, 11) is -10.7. The third-order valence-electron chi connectivity index (χ3n) is 10.6. The molecule has 1 unspecified atom stereocenters. The Labute approximate surface area is 398 Å². The molecule has 5 aromatic rings. The number of nitrogen functional groups attached to an aromatic ring is 2. The number of phosphoric acid groups is 2. The fourth-order valence-electron chi connectivity index (χ4n) is 7.22. The lowest BCUT2D eigenvalue weighted by Crippen LogP contribution is -2.51. The number of hydrogen-bond acceptors (Lipinski definition) is 22. The summed E-state index contributed by atoms with van der Waals surface area (Å²) in [5.41, 5.74) is 11.9. The van der Waals surface area contributed by atoms with Crippen molar-refractivity contribution in [1.29, 1.82) is 0 Å². The number of aliphatic hydroxyl groups is 3. The Kier molecular flexibility index (Phi) is 16.2. The van der Waals surface area contributed by atoms with Crippen molar-refractivity contribution in [1.82, 2.24) is 34.4 Å². The molecule has 29 nitrogen and oxygen atoms in total. The number of amides is 2. The van der Waals surface area contributed by atoms with Crippen LogP contribution in [0.5, 0.6) is 0 Å². The Balaban J connectivity index is 1.03. The zero-order chi connectivity index (χ0) is 51.4. The zero-order valence-electron chi connectivity index (χ0n) is 36.6. The summed E-state index contributed by atoms with van der Waals surface area (Å²) in [6.07, 6.45) is -14.3. The number of halogens is 1. The molecule has 2 fully saturated rings. The molecule has 2 amide bonds. The first-order valence-corrected chi connectivity index (χ1v) is 23.8. The molecule has 0 aliphatic carbocycles. The van der Waals surface area contributed by atoms with Crippen LogP contribution in [0.4, 0.5) is 26.5 Å². The first-order valence-electron chi connectivity index (χ1n) is 20.8. The Hall–Kier alpha value is -6.37. The molecule has 0 saturated carbocycles.